The van der Waals surface area contributed by atoms with Gasteiger partial charge in [-0.3, -0.25) is 0 Å². The summed E-state index contributed by atoms with van der Waals surface area (Å²) in [5.74, 6) is 0. The molecule has 0 unspecified atom stereocenters. The van der Waals surface area contributed by atoms with Gasteiger partial charge in [0.05, 0.1) is 11.0 Å². The van der Waals surface area contributed by atoms with Crippen LogP contribution in [0.25, 0.3) is 11.0 Å². The van der Waals surface area contributed by atoms with Gasteiger partial charge in [0.1, 0.15) is 4.60 Å². The van der Waals surface area contributed by atoms with E-state index in [0.717, 1.165) is 28.6 Å². The molecule has 3 heterocycles. The van der Waals surface area contributed by atoms with Crippen molar-refractivity contribution < 1.29 is 0 Å². The molecule has 3 aromatic rings. The summed E-state index contributed by atoms with van der Waals surface area (Å²) in [5.41, 5.74) is 5.23. The second-order valence-corrected chi connectivity index (χ2v) is 9.87. The number of nitrogens with one attached hydrogen (secondary N) is 2. The summed E-state index contributed by atoms with van der Waals surface area (Å²) in [6.07, 6.45) is 3.51. The van der Waals surface area contributed by atoms with Gasteiger partial charge in [0.25, 0.3) is 0 Å². The van der Waals surface area contributed by atoms with Crippen molar-refractivity contribution in [3.8, 4) is 0 Å². The number of hydrogen-bond donors (Lipinski definition) is 2. The molecule has 1 atom stereocenters. The first kappa shape index (κ1) is 17.3. The molecule has 0 amide bonds. The molecule has 3 nitrogen and oxygen atoms in total. The number of pyridine rings is 1. The SMILES string of the molecule is CC(C)(C)c1ccc(CN[C@@H]2CCCc3c2[nH]c2ccc(Br)nc32)s1. The molecule has 0 saturated heterocycles. The van der Waals surface area contributed by atoms with Crippen molar-refractivity contribution in [1.29, 1.82) is 0 Å². The normalized spacial score (nSPS) is 17.8. The van der Waals surface area contributed by atoms with Crippen molar-refractivity contribution in [2.75, 3.05) is 0 Å². The van der Waals surface area contributed by atoms with Crippen LogP contribution < -0.4 is 5.32 Å². The Balaban J connectivity index is 1.55. The van der Waals surface area contributed by atoms with Gasteiger partial charge in [0, 0.05) is 33.6 Å². The van der Waals surface area contributed by atoms with E-state index in [1.807, 2.05) is 17.4 Å². The van der Waals surface area contributed by atoms with E-state index in [-0.39, 0.29) is 5.41 Å². The van der Waals surface area contributed by atoms with Crippen LogP contribution in [0.4, 0.5) is 0 Å². The fourth-order valence-electron chi connectivity index (χ4n) is 3.60. The molecule has 0 radical (unpaired) electrons. The summed E-state index contributed by atoms with van der Waals surface area (Å²) in [5, 5.41) is 3.77. The lowest BCUT2D eigenvalue weighted by molar-refractivity contribution is 0.454. The number of rotatable bonds is 3. The van der Waals surface area contributed by atoms with Gasteiger partial charge in [-0.25, -0.2) is 4.98 Å². The summed E-state index contributed by atoms with van der Waals surface area (Å²) >= 11 is 5.43. The number of aromatic amines is 1. The zero-order chi connectivity index (χ0) is 17.6. The van der Waals surface area contributed by atoms with Crippen molar-refractivity contribution in [1.82, 2.24) is 15.3 Å². The minimum atomic E-state index is 0.233. The molecule has 0 aliphatic heterocycles. The van der Waals surface area contributed by atoms with Gasteiger partial charge in [0.2, 0.25) is 0 Å². The standard InChI is InChI=1S/C20H24BrN3S/c1-20(2,3)16-9-7-12(25-16)11-22-14-6-4-5-13-18(14)23-15-8-10-17(21)24-19(13)15/h7-10,14,22-23H,4-6,11H2,1-3H3/t14-/m1/s1. The van der Waals surface area contributed by atoms with Gasteiger partial charge in [-0.2, -0.15) is 0 Å². The van der Waals surface area contributed by atoms with Crippen LogP contribution in [-0.2, 0) is 18.4 Å². The molecule has 0 aromatic carbocycles. The Labute approximate surface area is 161 Å². The molecule has 25 heavy (non-hydrogen) atoms. The Kier molecular flexibility index (Phi) is 4.50. The molecule has 1 aliphatic carbocycles. The van der Waals surface area contributed by atoms with Gasteiger partial charge in [0.15, 0.2) is 0 Å². The first-order valence-electron chi connectivity index (χ1n) is 8.91. The number of nitrogens with zero attached hydrogens (tertiary/aromatic N) is 1. The highest BCUT2D eigenvalue weighted by Crippen LogP contribution is 2.35. The minimum Gasteiger partial charge on any atom is -0.356 e. The highest BCUT2D eigenvalue weighted by atomic mass is 79.9. The van der Waals surface area contributed by atoms with Crippen LogP contribution in [0.2, 0.25) is 0 Å². The van der Waals surface area contributed by atoms with Crippen molar-refractivity contribution in [3.05, 3.63) is 49.9 Å². The summed E-state index contributed by atoms with van der Waals surface area (Å²) in [6, 6.07) is 9.06. The van der Waals surface area contributed by atoms with Crippen LogP contribution in [0, 0.1) is 0 Å². The first-order chi connectivity index (χ1) is 11.9. The third-order valence-electron chi connectivity index (χ3n) is 4.93. The van der Waals surface area contributed by atoms with Crippen LogP contribution in [-0.4, -0.2) is 9.97 Å². The number of fused-ring (bicyclic) bond motifs is 3. The van der Waals surface area contributed by atoms with E-state index in [2.05, 4.69) is 65.2 Å². The minimum absolute atomic E-state index is 0.233. The third-order valence-corrected chi connectivity index (χ3v) is 6.89. The van der Waals surface area contributed by atoms with Crippen LogP contribution >= 0.6 is 27.3 Å². The van der Waals surface area contributed by atoms with Crippen molar-refractivity contribution in [2.24, 2.45) is 0 Å². The van der Waals surface area contributed by atoms with E-state index in [4.69, 9.17) is 4.98 Å². The van der Waals surface area contributed by atoms with Gasteiger partial charge < -0.3 is 10.3 Å². The number of halogens is 1. The molecular weight excluding hydrogens is 394 g/mol. The summed E-state index contributed by atoms with van der Waals surface area (Å²) in [4.78, 5) is 11.2. The molecule has 5 heteroatoms. The highest BCUT2D eigenvalue weighted by Gasteiger charge is 2.25. The predicted molar refractivity (Wildman–Crippen MR) is 109 cm³/mol. The smallest absolute Gasteiger partial charge is 0.106 e. The van der Waals surface area contributed by atoms with Gasteiger partial charge in [-0.15, -0.1) is 11.3 Å². The average molecular weight is 418 g/mol. The van der Waals surface area contributed by atoms with Crippen molar-refractivity contribution in [2.45, 2.75) is 58.0 Å². The summed E-state index contributed by atoms with van der Waals surface area (Å²) in [6.45, 7) is 7.76. The summed E-state index contributed by atoms with van der Waals surface area (Å²) < 4.78 is 0.908. The second-order valence-electron chi connectivity index (χ2n) is 7.89. The van der Waals surface area contributed by atoms with E-state index in [0.29, 0.717) is 6.04 Å². The van der Waals surface area contributed by atoms with Gasteiger partial charge in [-0.1, -0.05) is 20.8 Å². The maximum atomic E-state index is 4.69. The lowest BCUT2D eigenvalue weighted by Gasteiger charge is -2.23. The Morgan fingerprint density at radius 1 is 1.28 bits per heavy atom. The predicted octanol–water partition coefficient (Wildman–Crippen LogP) is 5.85. The van der Waals surface area contributed by atoms with Crippen LogP contribution in [0.1, 0.15) is 60.7 Å². The molecule has 132 valence electrons. The maximum absolute atomic E-state index is 4.69. The monoisotopic (exact) mass is 417 g/mol. The topological polar surface area (TPSA) is 40.7 Å². The number of aromatic nitrogens is 2. The molecular formula is C20H24BrN3S. The van der Waals surface area contributed by atoms with E-state index >= 15 is 0 Å². The Hall–Kier alpha value is -1.17. The van der Waals surface area contributed by atoms with E-state index in [9.17, 15) is 0 Å². The second kappa shape index (κ2) is 6.53. The van der Waals surface area contributed by atoms with Crippen LogP contribution in [0.5, 0.6) is 0 Å². The maximum Gasteiger partial charge on any atom is 0.106 e. The van der Waals surface area contributed by atoms with Crippen molar-refractivity contribution >= 4 is 38.3 Å². The lowest BCUT2D eigenvalue weighted by atomic mass is 9.93. The average Bonchev–Trinajstić information content (AvgIpc) is 3.17. The molecule has 0 fully saturated rings. The number of H-pyrrole nitrogens is 1. The number of aryl methyl sites for hydroxylation is 1. The zero-order valence-corrected chi connectivity index (χ0v) is 17.4. The molecule has 0 bridgehead atoms. The van der Waals surface area contributed by atoms with Gasteiger partial charge >= 0.3 is 0 Å². The lowest BCUT2D eigenvalue weighted by Crippen LogP contribution is -2.24. The fraction of sp³-hybridized carbons (Fsp3) is 0.450. The van der Waals surface area contributed by atoms with Crippen LogP contribution in [0.3, 0.4) is 0 Å². The number of thiophene rings is 1. The third kappa shape index (κ3) is 3.42. The van der Waals surface area contributed by atoms with Crippen molar-refractivity contribution in [3.63, 3.8) is 0 Å². The molecule has 0 spiro atoms. The van der Waals surface area contributed by atoms with E-state index < -0.39 is 0 Å². The Morgan fingerprint density at radius 2 is 2.12 bits per heavy atom. The van der Waals surface area contributed by atoms with Crippen LogP contribution in [0.15, 0.2) is 28.9 Å². The molecule has 1 aliphatic rings. The first-order valence-corrected chi connectivity index (χ1v) is 10.5. The Bertz CT molecular complexity index is 903. The largest absolute Gasteiger partial charge is 0.356 e. The van der Waals surface area contributed by atoms with E-state index in [1.54, 1.807) is 0 Å². The number of hydrogen-bond acceptors (Lipinski definition) is 3. The summed E-state index contributed by atoms with van der Waals surface area (Å²) in [7, 11) is 0. The quantitative estimate of drug-likeness (QED) is 0.524. The molecule has 0 saturated carbocycles. The zero-order valence-electron chi connectivity index (χ0n) is 14.9. The fourth-order valence-corrected chi connectivity index (χ4v) is 4.92. The molecule has 3 aromatic heterocycles. The molecule has 4 rings (SSSR count). The van der Waals surface area contributed by atoms with E-state index in [1.165, 1.54) is 33.9 Å². The Morgan fingerprint density at radius 3 is 2.88 bits per heavy atom. The highest BCUT2D eigenvalue weighted by molar-refractivity contribution is 9.10. The molecule has 2 N–H and O–H groups in total. The van der Waals surface area contributed by atoms with Gasteiger partial charge in [-0.05, 0) is 64.9 Å².